The zero-order chi connectivity index (χ0) is 24.7. The molecule has 1 N–H and O–H groups in total. The predicted octanol–water partition coefficient (Wildman–Crippen LogP) is 2.77. The lowest BCUT2D eigenvalue weighted by atomic mass is 10.0. The third kappa shape index (κ3) is 4.39. The van der Waals surface area contributed by atoms with E-state index in [0.717, 1.165) is 16.4 Å². The second-order valence-corrected chi connectivity index (χ2v) is 9.71. The summed E-state index contributed by atoms with van der Waals surface area (Å²) in [5.74, 6) is -1.81. The van der Waals surface area contributed by atoms with Crippen LogP contribution in [0, 0.1) is 0 Å². The number of pyridine rings is 1. The van der Waals surface area contributed by atoms with E-state index in [-0.39, 0.29) is 41.7 Å². The van der Waals surface area contributed by atoms with E-state index in [2.05, 4.69) is 4.98 Å². The standard InChI is InChI=1S/C21H20F3N3O6S/c22-21(23,24)14-4-6-15(7-5-14)34(31,32)27-9-10-33-18-17(27)11-13(12-25-18)19(28)26-8-2-1-3-16(26)20(29)30/h4-7,11-12,16H,1-3,8-10H2,(H,29,30)/t16-/m1/s1. The minimum Gasteiger partial charge on any atom is -0.480 e. The number of carboxylic acids is 1. The molecule has 1 amide bonds. The van der Waals surface area contributed by atoms with E-state index >= 15 is 0 Å². The van der Waals surface area contributed by atoms with Gasteiger partial charge in [-0.1, -0.05) is 0 Å². The first kappa shape index (κ1) is 23.8. The van der Waals surface area contributed by atoms with E-state index in [1.54, 1.807) is 0 Å². The maximum absolute atomic E-state index is 13.2. The van der Waals surface area contributed by atoms with Gasteiger partial charge in [0.1, 0.15) is 18.3 Å². The molecule has 2 aliphatic heterocycles. The average Bonchev–Trinajstić information content (AvgIpc) is 2.82. The van der Waals surface area contributed by atoms with Crippen molar-refractivity contribution in [3.8, 4) is 5.88 Å². The Morgan fingerprint density at radius 3 is 2.47 bits per heavy atom. The summed E-state index contributed by atoms with van der Waals surface area (Å²) in [6.07, 6.45) is -1.84. The maximum Gasteiger partial charge on any atom is 0.416 e. The van der Waals surface area contributed by atoms with E-state index in [1.807, 2.05) is 0 Å². The maximum atomic E-state index is 13.2. The molecule has 34 heavy (non-hydrogen) atoms. The summed E-state index contributed by atoms with van der Waals surface area (Å²) >= 11 is 0. The monoisotopic (exact) mass is 499 g/mol. The molecule has 182 valence electrons. The molecule has 2 aromatic rings. The summed E-state index contributed by atoms with van der Waals surface area (Å²) in [6.45, 7) is 0.0223. The van der Waals surface area contributed by atoms with Crippen LogP contribution in [0.1, 0.15) is 35.2 Å². The lowest BCUT2D eigenvalue weighted by Gasteiger charge is -2.34. The molecule has 0 spiro atoms. The SMILES string of the molecule is O=C(O)[C@H]1CCCCN1C(=O)c1cnc2c(c1)N(S(=O)(=O)c1ccc(C(F)(F)F)cc1)CCO2. The largest absolute Gasteiger partial charge is 0.480 e. The highest BCUT2D eigenvalue weighted by Crippen LogP contribution is 2.36. The molecule has 1 fully saturated rings. The molecule has 1 aromatic carbocycles. The number of amides is 1. The number of benzene rings is 1. The van der Waals surface area contributed by atoms with Crippen molar-refractivity contribution in [2.45, 2.75) is 36.4 Å². The lowest BCUT2D eigenvalue weighted by molar-refractivity contribution is -0.143. The predicted molar refractivity (Wildman–Crippen MR) is 112 cm³/mol. The number of rotatable bonds is 4. The molecule has 13 heteroatoms. The number of carbonyl (C=O) groups is 2. The van der Waals surface area contributed by atoms with Gasteiger partial charge in [0, 0.05) is 12.7 Å². The number of carbonyl (C=O) groups excluding carboxylic acids is 1. The second kappa shape index (κ2) is 8.78. The van der Waals surface area contributed by atoms with Crippen LogP contribution < -0.4 is 9.04 Å². The smallest absolute Gasteiger partial charge is 0.416 e. The highest BCUT2D eigenvalue weighted by molar-refractivity contribution is 7.92. The summed E-state index contributed by atoms with van der Waals surface area (Å²) in [5, 5.41) is 9.45. The molecule has 0 aliphatic carbocycles. The molecule has 0 bridgehead atoms. The molecule has 2 aliphatic rings. The Bertz CT molecular complexity index is 1220. The average molecular weight is 499 g/mol. The van der Waals surface area contributed by atoms with Crippen LogP contribution in [0.3, 0.4) is 0 Å². The fraction of sp³-hybridized carbons (Fsp3) is 0.381. The summed E-state index contributed by atoms with van der Waals surface area (Å²) in [4.78, 5) is 29.5. The number of likely N-dealkylation sites (tertiary alicyclic amines) is 1. The normalized spacial score (nSPS) is 18.7. The van der Waals surface area contributed by atoms with Gasteiger partial charge in [-0.15, -0.1) is 0 Å². The van der Waals surface area contributed by atoms with Crippen LogP contribution in [-0.4, -0.2) is 61.0 Å². The second-order valence-electron chi connectivity index (χ2n) is 7.84. The van der Waals surface area contributed by atoms with Crippen LogP contribution in [0.4, 0.5) is 18.9 Å². The number of aromatic nitrogens is 1. The van der Waals surface area contributed by atoms with Gasteiger partial charge in [-0.3, -0.25) is 9.10 Å². The van der Waals surface area contributed by atoms with Crippen molar-refractivity contribution in [2.24, 2.45) is 0 Å². The number of piperidine rings is 1. The van der Waals surface area contributed by atoms with Gasteiger partial charge in [0.25, 0.3) is 15.9 Å². The fourth-order valence-electron chi connectivity index (χ4n) is 3.98. The van der Waals surface area contributed by atoms with E-state index in [1.165, 1.54) is 17.2 Å². The number of alkyl halides is 3. The van der Waals surface area contributed by atoms with Gasteiger partial charge in [0.15, 0.2) is 0 Å². The van der Waals surface area contributed by atoms with Crippen molar-refractivity contribution < 1.29 is 41.0 Å². The Hall–Kier alpha value is -3.35. The Balaban J connectivity index is 1.68. The van der Waals surface area contributed by atoms with Crippen molar-refractivity contribution in [2.75, 3.05) is 24.0 Å². The Morgan fingerprint density at radius 1 is 1.12 bits per heavy atom. The summed E-state index contributed by atoms with van der Waals surface area (Å²) in [6, 6.07) is 3.32. The van der Waals surface area contributed by atoms with Gasteiger partial charge < -0.3 is 14.7 Å². The summed E-state index contributed by atoms with van der Waals surface area (Å²) in [5.41, 5.74) is -1.07. The first-order chi connectivity index (χ1) is 16.0. The number of hydrogen-bond donors (Lipinski definition) is 1. The number of hydrogen-bond acceptors (Lipinski definition) is 6. The van der Waals surface area contributed by atoms with Crippen molar-refractivity contribution in [1.82, 2.24) is 9.88 Å². The van der Waals surface area contributed by atoms with Crippen molar-refractivity contribution in [3.05, 3.63) is 47.7 Å². The minimum absolute atomic E-state index is 0.0231. The van der Waals surface area contributed by atoms with Crippen LogP contribution in [0.15, 0.2) is 41.4 Å². The van der Waals surface area contributed by atoms with Crippen LogP contribution in [0.5, 0.6) is 5.88 Å². The van der Waals surface area contributed by atoms with Gasteiger partial charge >= 0.3 is 12.1 Å². The number of aliphatic carboxylic acids is 1. The Kier molecular flexibility index (Phi) is 6.14. The molecular weight excluding hydrogens is 479 g/mol. The van der Waals surface area contributed by atoms with Crippen molar-refractivity contribution in [1.29, 1.82) is 0 Å². The molecular formula is C21H20F3N3O6S. The van der Waals surface area contributed by atoms with Gasteiger partial charge in [0.05, 0.1) is 22.6 Å². The number of fused-ring (bicyclic) bond motifs is 1. The molecule has 3 heterocycles. The van der Waals surface area contributed by atoms with Crippen molar-refractivity contribution >= 4 is 27.6 Å². The number of ether oxygens (including phenoxy) is 1. The molecule has 0 radical (unpaired) electrons. The van der Waals surface area contributed by atoms with Crippen LogP contribution >= 0.6 is 0 Å². The topological polar surface area (TPSA) is 117 Å². The van der Waals surface area contributed by atoms with Gasteiger partial charge in [-0.2, -0.15) is 13.2 Å². The van der Waals surface area contributed by atoms with E-state index in [9.17, 15) is 36.3 Å². The first-order valence-corrected chi connectivity index (χ1v) is 11.8. The molecule has 4 rings (SSSR count). The Morgan fingerprint density at radius 2 is 1.82 bits per heavy atom. The number of anilines is 1. The van der Waals surface area contributed by atoms with Crippen molar-refractivity contribution in [3.63, 3.8) is 0 Å². The summed E-state index contributed by atoms with van der Waals surface area (Å²) < 4.78 is 71.4. The van der Waals surface area contributed by atoms with E-state index in [4.69, 9.17) is 4.74 Å². The zero-order valence-corrected chi connectivity index (χ0v) is 18.5. The summed E-state index contributed by atoms with van der Waals surface area (Å²) in [7, 11) is -4.30. The lowest BCUT2D eigenvalue weighted by Crippen LogP contribution is -2.48. The third-order valence-corrected chi connectivity index (χ3v) is 7.53. The quantitative estimate of drug-likeness (QED) is 0.688. The molecule has 0 unspecified atom stereocenters. The fourth-order valence-corrected chi connectivity index (χ4v) is 5.42. The molecule has 1 saturated heterocycles. The van der Waals surface area contributed by atoms with Gasteiger partial charge in [0.2, 0.25) is 5.88 Å². The van der Waals surface area contributed by atoms with Gasteiger partial charge in [-0.05, 0) is 49.6 Å². The third-order valence-electron chi connectivity index (χ3n) is 5.70. The number of nitrogens with zero attached hydrogens (tertiary/aromatic N) is 3. The molecule has 1 aromatic heterocycles. The highest BCUT2D eigenvalue weighted by atomic mass is 32.2. The van der Waals surface area contributed by atoms with E-state index in [0.29, 0.717) is 31.4 Å². The minimum atomic E-state index is -4.62. The van der Waals surface area contributed by atoms with Crippen LogP contribution in [0.25, 0.3) is 0 Å². The van der Waals surface area contributed by atoms with Gasteiger partial charge in [-0.25, -0.2) is 18.2 Å². The number of sulfonamides is 1. The van der Waals surface area contributed by atoms with Crippen LogP contribution in [0.2, 0.25) is 0 Å². The zero-order valence-electron chi connectivity index (χ0n) is 17.7. The Labute approximate surface area is 192 Å². The molecule has 1 atom stereocenters. The number of halogens is 3. The number of carboxylic acid groups (broad SMARTS) is 1. The molecule has 9 nitrogen and oxygen atoms in total. The highest BCUT2D eigenvalue weighted by Gasteiger charge is 2.36. The van der Waals surface area contributed by atoms with Crippen LogP contribution in [-0.2, 0) is 21.0 Å². The first-order valence-electron chi connectivity index (χ1n) is 10.4. The van der Waals surface area contributed by atoms with E-state index < -0.39 is 39.7 Å². The molecule has 0 saturated carbocycles.